The molecule has 0 amide bonds. The van der Waals surface area contributed by atoms with Crippen molar-refractivity contribution in [2.45, 2.75) is 6.18 Å². The molecular weight excluding hydrogens is 405 g/mol. The fourth-order valence-electron chi connectivity index (χ4n) is 3.33. The number of nitrogens with one attached hydrogen (secondary N) is 1. The summed E-state index contributed by atoms with van der Waals surface area (Å²) in [6.45, 7) is 0. The number of rotatable bonds is 3. The summed E-state index contributed by atoms with van der Waals surface area (Å²) in [5.74, 6) is 0.119. The summed E-state index contributed by atoms with van der Waals surface area (Å²) in [4.78, 5) is 19.3. The van der Waals surface area contributed by atoms with Gasteiger partial charge in [0.2, 0.25) is 0 Å². The Morgan fingerprint density at radius 2 is 1.90 bits per heavy atom. The third-order valence-corrected chi connectivity index (χ3v) is 4.93. The van der Waals surface area contributed by atoms with Gasteiger partial charge in [-0.1, -0.05) is 24.3 Å². The van der Waals surface area contributed by atoms with E-state index in [0.29, 0.717) is 27.9 Å². The zero-order valence-corrected chi connectivity index (χ0v) is 16.2. The molecule has 0 saturated heterocycles. The molecule has 0 aliphatic carbocycles. The molecule has 154 valence electrons. The monoisotopic (exact) mass is 420 g/mol. The van der Waals surface area contributed by atoms with E-state index in [2.05, 4.69) is 9.97 Å². The van der Waals surface area contributed by atoms with Crippen molar-refractivity contribution in [3.05, 3.63) is 88.1 Å². The van der Waals surface area contributed by atoms with Crippen molar-refractivity contribution < 1.29 is 13.2 Å². The summed E-state index contributed by atoms with van der Waals surface area (Å²) < 4.78 is 40.8. The number of nitrogens with zero attached hydrogens (tertiary/aromatic N) is 3. The van der Waals surface area contributed by atoms with Gasteiger partial charge in [-0.3, -0.25) is 4.79 Å². The molecule has 0 aliphatic rings. The van der Waals surface area contributed by atoms with Gasteiger partial charge in [0.25, 0.3) is 5.56 Å². The summed E-state index contributed by atoms with van der Waals surface area (Å²) >= 11 is 0. The number of hydrogen-bond donors (Lipinski definition) is 1. The van der Waals surface area contributed by atoms with Crippen molar-refractivity contribution in [3.63, 3.8) is 0 Å². The van der Waals surface area contributed by atoms with Gasteiger partial charge in [-0.25, -0.2) is 4.98 Å². The maximum atomic E-state index is 13.1. The average molecular weight is 420 g/mol. The molecule has 31 heavy (non-hydrogen) atoms. The Bertz CT molecular complexity index is 1420. The van der Waals surface area contributed by atoms with Crippen LogP contribution in [0.2, 0.25) is 0 Å². The fourth-order valence-corrected chi connectivity index (χ4v) is 3.33. The lowest BCUT2D eigenvalue weighted by Crippen LogP contribution is -2.11. The maximum Gasteiger partial charge on any atom is 0.416 e. The molecular formula is C23H15F3N4O. The van der Waals surface area contributed by atoms with Gasteiger partial charge in [0.15, 0.2) is 5.82 Å². The fraction of sp³-hybridized carbons (Fsp3) is 0.0870. The van der Waals surface area contributed by atoms with Gasteiger partial charge in [0.05, 0.1) is 22.0 Å². The molecule has 0 unspecified atom stereocenters. The van der Waals surface area contributed by atoms with Crippen molar-refractivity contribution in [1.82, 2.24) is 14.5 Å². The molecule has 0 fully saturated rings. The van der Waals surface area contributed by atoms with Gasteiger partial charge in [-0.05, 0) is 48.0 Å². The largest absolute Gasteiger partial charge is 0.416 e. The molecule has 4 aromatic rings. The van der Waals surface area contributed by atoms with Crippen molar-refractivity contribution in [3.8, 4) is 17.3 Å². The second kappa shape index (κ2) is 7.61. The molecule has 2 aromatic heterocycles. The van der Waals surface area contributed by atoms with Crippen LogP contribution in [-0.4, -0.2) is 14.5 Å². The molecule has 0 bridgehead atoms. The van der Waals surface area contributed by atoms with Gasteiger partial charge in [0, 0.05) is 18.4 Å². The molecule has 0 spiro atoms. The van der Waals surface area contributed by atoms with E-state index in [-0.39, 0.29) is 17.0 Å². The van der Waals surface area contributed by atoms with Crippen LogP contribution in [-0.2, 0) is 13.2 Å². The predicted molar refractivity (Wildman–Crippen MR) is 112 cm³/mol. The molecule has 0 aliphatic heterocycles. The highest BCUT2D eigenvalue weighted by Gasteiger charge is 2.30. The van der Waals surface area contributed by atoms with Crippen LogP contribution in [0.1, 0.15) is 17.1 Å². The van der Waals surface area contributed by atoms with Crippen molar-refractivity contribution in [2.75, 3.05) is 0 Å². The lowest BCUT2D eigenvalue weighted by atomic mass is 10.1. The van der Waals surface area contributed by atoms with E-state index < -0.39 is 11.7 Å². The molecule has 0 radical (unpaired) electrons. The van der Waals surface area contributed by atoms with E-state index in [1.54, 1.807) is 54.1 Å². The highest BCUT2D eigenvalue weighted by atomic mass is 19.4. The quantitative estimate of drug-likeness (QED) is 0.474. The Morgan fingerprint density at radius 3 is 2.65 bits per heavy atom. The van der Waals surface area contributed by atoms with Crippen LogP contribution in [0.3, 0.4) is 0 Å². The number of aromatic amines is 1. The van der Waals surface area contributed by atoms with Crippen LogP contribution >= 0.6 is 0 Å². The van der Waals surface area contributed by atoms with Gasteiger partial charge >= 0.3 is 6.18 Å². The van der Waals surface area contributed by atoms with E-state index in [1.807, 2.05) is 6.07 Å². The van der Waals surface area contributed by atoms with Gasteiger partial charge in [0.1, 0.15) is 6.07 Å². The summed E-state index contributed by atoms with van der Waals surface area (Å²) in [5, 5.41) is 10.0. The van der Waals surface area contributed by atoms with E-state index >= 15 is 0 Å². The smallest absolute Gasteiger partial charge is 0.344 e. The van der Waals surface area contributed by atoms with Gasteiger partial charge in [-0.15, -0.1) is 0 Å². The molecule has 1 N–H and O–H groups in total. The van der Waals surface area contributed by atoms with E-state index in [1.165, 1.54) is 12.1 Å². The minimum atomic E-state index is -4.44. The number of allylic oxidation sites excluding steroid dienone is 1. The normalized spacial score (nSPS) is 12.2. The van der Waals surface area contributed by atoms with Crippen LogP contribution in [0.15, 0.2) is 65.5 Å². The number of nitriles is 1. The Kier molecular flexibility index (Phi) is 4.95. The first kappa shape index (κ1) is 20.2. The Hall–Kier alpha value is -4.12. The summed E-state index contributed by atoms with van der Waals surface area (Å²) in [7, 11) is 1.69. The van der Waals surface area contributed by atoms with Crippen molar-refractivity contribution >= 4 is 22.6 Å². The molecule has 5 nitrogen and oxygen atoms in total. The zero-order valence-electron chi connectivity index (χ0n) is 16.2. The Morgan fingerprint density at radius 1 is 1.13 bits per heavy atom. The van der Waals surface area contributed by atoms with Gasteiger partial charge < -0.3 is 9.55 Å². The Balaban J connectivity index is 1.77. The maximum absolute atomic E-state index is 13.1. The average Bonchev–Trinajstić information content (AvgIpc) is 3.11. The molecule has 8 heteroatoms. The van der Waals surface area contributed by atoms with E-state index in [9.17, 15) is 23.2 Å². The summed E-state index contributed by atoms with van der Waals surface area (Å²) in [6, 6.07) is 17.2. The number of H-pyrrole nitrogens is 1. The first-order valence-corrected chi connectivity index (χ1v) is 9.22. The van der Waals surface area contributed by atoms with Crippen LogP contribution in [0.25, 0.3) is 33.8 Å². The van der Waals surface area contributed by atoms with E-state index in [0.717, 1.165) is 12.1 Å². The van der Waals surface area contributed by atoms with Crippen molar-refractivity contribution in [2.24, 2.45) is 7.05 Å². The number of aromatic nitrogens is 3. The van der Waals surface area contributed by atoms with Crippen LogP contribution < -0.4 is 5.56 Å². The number of fused-ring (bicyclic) bond motifs is 1. The molecule has 0 atom stereocenters. The second-order valence-electron chi connectivity index (χ2n) is 6.88. The molecule has 4 rings (SSSR count). The number of alkyl halides is 3. The number of halogens is 3. The van der Waals surface area contributed by atoms with Crippen molar-refractivity contribution in [1.29, 1.82) is 5.26 Å². The highest BCUT2D eigenvalue weighted by Crippen LogP contribution is 2.32. The van der Waals surface area contributed by atoms with Gasteiger partial charge in [-0.2, -0.15) is 18.4 Å². The minimum Gasteiger partial charge on any atom is -0.344 e. The predicted octanol–water partition coefficient (Wildman–Crippen LogP) is 5.01. The first-order chi connectivity index (χ1) is 14.8. The molecule has 0 saturated carbocycles. The molecule has 2 heterocycles. The standard InChI is InChI=1S/C23H15F3N4O/c1-30-17(9-10-20(30)14-5-4-6-16(11-14)23(24,25)26)12-15(13-27)21-28-19-8-3-2-7-18(19)22(31)29-21/h2-12H,1H3,(H,28,29,31)/b15-12+. The van der Waals surface area contributed by atoms with Crippen LogP contribution in [0.4, 0.5) is 13.2 Å². The number of benzene rings is 2. The zero-order chi connectivity index (χ0) is 22.2. The number of hydrogen-bond acceptors (Lipinski definition) is 3. The minimum absolute atomic E-state index is 0.119. The second-order valence-corrected chi connectivity index (χ2v) is 6.88. The van der Waals surface area contributed by atoms with E-state index in [4.69, 9.17) is 0 Å². The highest BCUT2D eigenvalue weighted by molar-refractivity contribution is 5.89. The SMILES string of the molecule is Cn1c(/C=C(\C#N)c2nc3ccccc3c(=O)[nH]2)ccc1-c1cccc(C(F)(F)F)c1. The van der Waals surface area contributed by atoms with Crippen LogP contribution in [0.5, 0.6) is 0 Å². The first-order valence-electron chi connectivity index (χ1n) is 9.22. The summed E-state index contributed by atoms with van der Waals surface area (Å²) in [6.07, 6.45) is -2.91. The lowest BCUT2D eigenvalue weighted by molar-refractivity contribution is -0.137. The van der Waals surface area contributed by atoms with Crippen LogP contribution in [0, 0.1) is 11.3 Å². The third-order valence-electron chi connectivity index (χ3n) is 4.93. The number of para-hydroxylation sites is 1. The lowest BCUT2D eigenvalue weighted by Gasteiger charge is -2.10. The third kappa shape index (κ3) is 3.85. The topological polar surface area (TPSA) is 74.5 Å². The molecule has 2 aromatic carbocycles. The summed E-state index contributed by atoms with van der Waals surface area (Å²) in [5.41, 5.74) is 0.998. The Labute approximate surface area is 174 Å².